The first-order valence-electron chi connectivity index (χ1n) is 34.2. The molecule has 0 aliphatic heterocycles. The topological polar surface area (TPSA) is 90.5 Å². The standard InChI is InChI=1S/C53H33N3S.C41H25N3O/c1-3-10-34(11-4-1)37-18-23-39(24-19-37)51-54-52(43-27-22-36-14-7-8-15-40(36)30-43)56-53(55-51)44-28-29-48-47(33-44)50-46(16-9-17-49(50)57-48)42-26-21-38-20-25-41(31-45(38)32-42)35-12-5-2-6-13-35;1-2-12-28(13-3-1)39-42-40(32-21-19-27-11-5-7-15-30(27)25-32)44-41(43-39)34-22-23-36-38(33-16-8-9-17-35(33)45-36)37(34)31-20-18-26-10-4-6-14-29(26)24-31/h1-33H;1-25H. The van der Waals surface area contributed by atoms with Crippen LogP contribution >= 0.6 is 11.3 Å². The van der Waals surface area contributed by atoms with Gasteiger partial charge in [-0.1, -0.05) is 279 Å². The van der Waals surface area contributed by atoms with Gasteiger partial charge in [0.2, 0.25) is 0 Å². The normalized spacial score (nSPS) is 11.5. The Morgan fingerprint density at radius 1 is 0.196 bits per heavy atom. The Hall–Kier alpha value is -13.4. The molecule has 0 amide bonds. The summed E-state index contributed by atoms with van der Waals surface area (Å²) in [6.07, 6.45) is 0. The van der Waals surface area contributed by atoms with Gasteiger partial charge in [-0.3, -0.25) is 0 Å². The average Bonchev–Trinajstić information content (AvgIpc) is 1.53. The van der Waals surface area contributed by atoms with E-state index in [2.05, 4.69) is 297 Å². The largest absolute Gasteiger partial charge is 0.456 e. The van der Waals surface area contributed by atoms with E-state index < -0.39 is 0 Å². The summed E-state index contributed by atoms with van der Waals surface area (Å²) in [5, 5.41) is 14.0. The second kappa shape index (κ2) is 25.5. The van der Waals surface area contributed by atoms with Gasteiger partial charge in [-0.25, -0.2) is 29.9 Å². The van der Waals surface area contributed by atoms with E-state index in [4.69, 9.17) is 34.3 Å². The van der Waals surface area contributed by atoms with Crippen molar-refractivity contribution in [3.05, 3.63) is 352 Å². The van der Waals surface area contributed by atoms with Gasteiger partial charge in [-0.2, -0.15) is 0 Å². The molecular weight excluding hydrogens is 1260 g/mol. The van der Waals surface area contributed by atoms with Gasteiger partial charge in [0.05, 0.1) is 0 Å². The van der Waals surface area contributed by atoms with Crippen LogP contribution in [-0.4, -0.2) is 29.9 Å². The van der Waals surface area contributed by atoms with Crippen LogP contribution < -0.4 is 0 Å². The lowest BCUT2D eigenvalue weighted by atomic mass is 9.92. The van der Waals surface area contributed by atoms with Crippen LogP contribution in [0.25, 0.3) is 198 Å². The summed E-state index contributed by atoms with van der Waals surface area (Å²) in [7, 11) is 0. The lowest BCUT2D eigenvalue weighted by Gasteiger charge is -2.14. The van der Waals surface area contributed by atoms with Crippen LogP contribution in [0.5, 0.6) is 0 Å². The molecule has 0 bridgehead atoms. The molecule has 476 valence electrons. The second-order valence-electron chi connectivity index (χ2n) is 25.7. The summed E-state index contributed by atoms with van der Waals surface area (Å²) in [4.78, 5) is 30.7. The maximum atomic E-state index is 6.37. The number of rotatable bonds is 10. The van der Waals surface area contributed by atoms with Crippen molar-refractivity contribution in [3.63, 3.8) is 0 Å². The number of thiophene rings is 1. The minimum absolute atomic E-state index is 0.613. The Kier molecular flexibility index (Phi) is 14.9. The predicted octanol–water partition coefficient (Wildman–Crippen LogP) is 25.3. The molecule has 4 aromatic heterocycles. The van der Waals surface area contributed by atoms with E-state index in [-0.39, 0.29) is 0 Å². The minimum Gasteiger partial charge on any atom is -0.456 e. The van der Waals surface area contributed by atoms with Gasteiger partial charge < -0.3 is 4.42 Å². The van der Waals surface area contributed by atoms with Crippen molar-refractivity contribution in [2.45, 2.75) is 0 Å². The molecule has 20 rings (SSSR count). The molecule has 0 spiro atoms. The molecule has 0 atom stereocenters. The summed E-state index contributed by atoms with van der Waals surface area (Å²) >= 11 is 1.83. The lowest BCUT2D eigenvalue weighted by molar-refractivity contribution is 0.669. The first kappa shape index (κ1) is 59.8. The van der Waals surface area contributed by atoms with E-state index in [1.807, 2.05) is 65.9 Å². The zero-order valence-electron chi connectivity index (χ0n) is 55.0. The van der Waals surface area contributed by atoms with E-state index in [1.54, 1.807) is 0 Å². The molecule has 0 aliphatic carbocycles. The quantitative estimate of drug-likeness (QED) is 0.135. The second-order valence-corrected chi connectivity index (χ2v) is 26.8. The number of nitrogens with zero attached hydrogens (tertiary/aromatic N) is 6. The number of aromatic nitrogens is 6. The van der Waals surface area contributed by atoms with E-state index in [9.17, 15) is 0 Å². The van der Waals surface area contributed by atoms with Crippen molar-refractivity contribution in [1.82, 2.24) is 29.9 Å². The monoisotopic (exact) mass is 1320 g/mol. The van der Waals surface area contributed by atoms with E-state index in [1.165, 1.54) is 80.3 Å². The van der Waals surface area contributed by atoms with Gasteiger partial charge in [0.1, 0.15) is 11.2 Å². The van der Waals surface area contributed by atoms with Crippen LogP contribution in [0, 0.1) is 0 Å². The molecule has 102 heavy (non-hydrogen) atoms. The van der Waals surface area contributed by atoms with Crippen LogP contribution in [0.4, 0.5) is 0 Å². The highest BCUT2D eigenvalue weighted by atomic mass is 32.1. The van der Waals surface area contributed by atoms with Crippen molar-refractivity contribution < 1.29 is 4.42 Å². The average molecular weight is 1320 g/mol. The molecule has 0 radical (unpaired) electrons. The number of para-hydroxylation sites is 1. The van der Waals surface area contributed by atoms with Crippen molar-refractivity contribution in [3.8, 4) is 113 Å². The molecule has 4 heterocycles. The van der Waals surface area contributed by atoms with Gasteiger partial charge in [0, 0.05) is 69.9 Å². The third-order valence-electron chi connectivity index (χ3n) is 19.4. The van der Waals surface area contributed by atoms with E-state index in [0.29, 0.717) is 34.9 Å². The van der Waals surface area contributed by atoms with Crippen LogP contribution in [0.1, 0.15) is 0 Å². The maximum absolute atomic E-state index is 6.37. The number of furan rings is 1. The number of hydrogen-bond donors (Lipinski definition) is 0. The third-order valence-corrected chi connectivity index (χ3v) is 20.5. The summed E-state index contributed by atoms with van der Waals surface area (Å²) in [5.41, 5.74) is 16.6. The Balaban J connectivity index is 0.000000145. The Labute approximate surface area is 591 Å². The minimum atomic E-state index is 0.613. The molecule has 0 N–H and O–H groups in total. The predicted molar refractivity (Wildman–Crippen MR) is 424 cm³/mol. The third kappa shape index (κ3) is 11.2. The highest BCUT2D eigenvalue weighted by Gasteiger charge is 2.23. The van der Waals surface area contributed by atoms with E-state index in [0.717, 1.165) is 82.8 Å². The maximum Gasteiger partial charge on any atom is 0.164 e. The van der Waals surface area contributed by atoms with Crippen molar-refractivity contribution in [2.75, 3.05) is 0 Å². The number of benzene rings is 16. The van der Waals surface area contributed by atoms with Crippen molar-refractivity contribution in [1.29, 1.82) is 0 Å². The zero-order valence-corrected chi connectivity index (χ0v) is 55.8. The van der Waals surface area contributed by atoms with E-state index >= 15 is 0 Å². The summed E-state index contributed by atoms with van der Waals surface area (Å²) < 4.78 is 8.85. The highest BCUT2D eigenvalue weighted by Crippen LogP contribution is 2.46. The summed E-state index contributed by atoms with van der Waals surface area (Å²) in [6.45, 7) is 0. The Morgan fingerprint density at radius 3 is 1.21 bits per heavy atom. The molecule has 7 nitrogen and oxygen atoms in total. The fourth-order valence-electron chi connectivity index (χ4n) is 14.3. The van der Waals surface area contributed by atoms with Crippen LogP contribution in [-0.2, 0) is 0 Å². The molecule has 0 unspecified atom stereocenters. The number of hydrogen-bond acceptors (Lipinski definition) is 8. The Bertz CT molecular complexity index is 6630. The van der Waals surface area contributed by atoms with Gasteiger partial charge in [-0.05, 0) is 155 Å². The van der Waals surface area contributed by atoms with Crippen LogP contribution in [0.3, 0.4) is 0 Å². The highest BCUT2D eigenvalue weighted by molar-refractivity contribution is 7.26. The number of fused-ring (bicyclic) bond motifs is 10. The van der Waals surface area contributed by atoms with Crippen molar-refractivity contribution in [2.24, 2.45) is 0 Å². The molecule has 8 heteroatoms. The first-order valence-corrected chi connectivity index (χ1v) is 35.0. The molecule has 0 fully saturated rings. The molecule has 0 aliphatic rings. The fourth-order valence-corrected chi connectivity index (χ4v) is 15.4. The van der Waals surface area contributed by atoms with Gasteiger partial charge in [0.15, 0.2) is 34.9 Å². The fraction of sp³-hybridized carbons (Fsp3) is 0. The van der Waals surface area contributed by atoms with Gasteiger partial charge >= 0.3 is 0 Å². The molecule has 20 aromatic rings. The smallest absolute Gasteiger partial charge is 0.164 e. The lowest BCUT2D eigenvalue weighted by Crippen LogP contribution is -2.01. The van der Waals surface area contributed by atoms with Gasteiger partial charge in [0.25, 0.3) is 0 Å². The first-order chi connectivity index (χ1) is 50.5. The van der Waals surface area contributed by atoms with Crippen LogP contribution in [0.2, 0.25) is 0 Å². The van der Waals surface area contributed by atoms with Crippen LogP contribution in [0.15, 0.2) is 356 Å². The molecule has 16 aromatic carbocycles. The van der Waals surface area contributed by atoms with Crippen molar-refractivity contribution >= 4 is 96.5 Å². The molecular formula is C94H58N6OS. The zero-order chi connectivity index (χ0) is 67.5. The molecule has 0 saturated carbocycles. The van der Waals surface area contributed by atoms with Gasteiger partial charge in [-0.15, -0.1) is 11.3 Å². The summed E-state index contributed by atoms with van der Waals surface area (Å²) in [5.74, 6) is 3.81. The SMILES string of the molecule is c1ccc(-c2ccc(-c3nc(-c4ccc5ccccc5c4)nc(-c4ccc5sc6cccc(-c7ccc8ccc(-c9ccccc9)cc8c7)c6c5c4)n3)cc2)cc1.c1ccc(-c2nc(-c3ccc4ccccc4c3)nc(-c3ccc4oc5ccccc5c4c3-c3ccc4ccccc4c3)n2)cc1. The molecule has 0 saturated heterocycles. The summed E-state index contributed by atoms with van der Waals surface area (Å²) in [6, 6.07) is 123. The Morgan fingerprint density at radius 2 is 0.598 bits per heavy atom.